The summed E-state index contributed by atoms with van der Waals surface area (Å²) >= 11 is 6.70. The zero-order valence-electron chi connectivity index (χ0n) is 19.9. The Hall–Kier alpha value is -3.82. The van der Waals surface area contributed by atoms with Gasteiger partial charge in [0.25, 0.3) is 11.8 Å². The van der Waals surface area contributed by atoms with Crippen molar-refractivity contribution in [1.29, 1.82) is 0 Å². The monoisotopic (exact) mass is 520 g/mol. The largest absolute Gasteiger partial charge is 0.497 e. The van der Waals surface area contributed by atoms with E-state index in [1.54, 1.807) is 55.7 Å². The number of nitrogens with one attached hydrogen (secondary N) is 1. The molecule has 1 aliphatic rings. The molecule has 0 saturated carbocycles. The lowest BCUT2D eigenvalue weighted by molar-refractivity contribution is -0.118. The van der Waals surface area contributed by atoms with Crippen LogP contribution in [-0.2, 0) is 9.59 Å². The van der Waals surface area contributed by atoms with Gasteiger partial charge in [0.15, 0.2) is 22.4 Å². The third-order valence-electron chi connectivity index (χ3n) is 5.30. The molecule has 3 aromatic carbocycles. The van der Waals surface area contributed by atoms with Crippen molar-refractivity contribution in [3.63, 3.8) is 0 Å². The first-order valence-electron chi connectivity index (χ1n) is 11.0. The van der Waals surface area contributed by atoms with Crippen LogP contribution in [0.15, 0.2) is 71.6 Å². The Morgan fingerprint density at radius 2 is 1.72 bits per heavy atom. The van der Waals surface area contributed by atoms with Gasteiger partial charge in [-0.1, -0.05) is 47.7 Å². The van der Waals surface area contributed by atoms with Gasteiger partial charge in [-0.05, 0) is 67.1 Å². The molecule has 0 unspecified atom stereocenters. The quantitative estimate of drug-likeness (QED) is 0.313. The van der Waals surface area contributed by atoms with Crippen LogP contribution in [0.2, 0.25) is 0 Å². The van der Waals surface area contributed by atoms with Gasteiger partial charge in [0.05, 0.1) is 24.8 Å². The molecule has 1 saturated heterocycles. The highest BCUT2D eigenvalue weighted by Gasteiger charge is 2.33. The van der Waals surface area contributed by atoms with Crippen molar-refractivity contribution in [1.82, 2.24) is 0 Å². The Bertz CT molecular complexity index is 1320. The molecule has 184 valence electrons. The topological polar surface area (TPSA) is 77.1 Å². The van der Waals surface area contributed by atoms with Crippen LogP contribution in [0.5, 0.6) is 17.2 Å². The van der Waals surface area contributed by atoms with Gasteiger partial charge in [-0.25, -0.2) is 0 Å². The molecule has 1 N–H and O–H groups in total. The van der Waals surface area contributed by atoms with Gasteiger partial charge in [0, 0.05) is 5.69 Å². The summed E-state index contributed by atoms with van der Waals surface area (Å²) in [5.74, 6) is 1.06. The maximum atomic E-state index is 13.0. The molecule has 9 heteroatoms. The minimum atomic E-state index is -0.314. The Balaban J connectivity index is 1.43. The smallest absolute Gasteiger partial charge is 0.270 e. The molecule has 0 aromatic heterocycles. The van der Waals surface area contributed by atoms with Crippen LogP contribution < -0.4 is 24.4 Å². The number of methoxy groups -OCH3 is 2. The molecule has 0 radical (unpaired) electrons. The number of carbonyl (C=O) groups excluding carboxylic acids is 2. The van der Waals surface area contributed by atoms with E-state index in [2.05, 4.69) is 5.32 Å². The number of carbonyl (C=O) groups is 2. The van der Waals surface area contributed by atoms with Crippen LogP contribution in [0.3, 0.4) is 0 Å². The minimum absolute atomic E-state index is 0.177. The predicted molar refractivity (Wildman–Crippen MR) is 147 cm³/mol. The third-order valence-corrected chi connectivity index (χ3v) is 6.61. The molecule has 1 heterocycles. The summed E-state index contributed by atoms with van der Waals surface area (Å²) in [5, 5.41) is 2.76. The number of thiocarbonyl (C=S) groups is 1. The molecular weight excluding hydrogens is 496 g/mol. The number of amides is 2. The van der Waals surface area contributed by atoms with E-state index in [-0.39, 0.29) is 18.4 Å². The zero-order valence-corrected chi connectivity index (χ0v) is 21.6. The number of ether oxygens (including phenoxy) is 3. The Labute approximate surface area is 219 Å². The van der Waals surface area contributed by atoms with E-state index in [4.69, 9.17) is 26.4 Å². The number of nitrogens with zero attached hydrogens (tertiary/aromatic N) is 1. The SMILES string of the molecule is COc1ccc(NC(=O)COc2ccc(/C=C3\SC(=S)N(c4ccc(C)cc4)C3=O)cc2OC)cc1. The number of benzene rings is 3. The molecule has 2 amide bonds. The summed E-state index contributed by atoms with van der Waals surface area (Å²) in [5.41, 5.74) is 3.22. The second kappa shape index (κ2) is 11.3. The first-order valence-corrected chi connectivity index (χ1v) is 12.2. The maximum absolute atomic E-state index is 13.0. The van der Waals surface area contributed by atoms with E-state index in [0.717, 1.165) is 16.8 Å². The van der Waals surface area contributed by atoms with Gasteiger partial charge < -0.3 is 19.5 Å². The number of anilines is 2. The summed E-state index contributed by atoms with van der Waals surface area (Å²) in [4.78, 5) is 27.4. The Morgan fingerprint density at radius 3 is 2.39 bits per heavy atom. The predicted octanol–water partition coefficient (Wildman–Crippen LogP) is 5.44. The fraction of sp³-hybridized carbons (Fsp3) is 0.148. The first-order chi connectivity index (χ1) is 17.4. The van der Waals surface area contributed by atoms with Gasteiger partial charge in [-0.3, -0.25) is 14.5 Å². The maximum Gasteiger partial charge on any atom is 0.270 e. The van der Waals surface area contributed by atoms with E-state index in [9.17, 15) is 9.59 Å². The molecule has 1 fully saturated rings. The van der Waals surface area contributed by atoms with Gasteiger partial charge in [-0.15, -0.1) is 0 Å². The lowest BCUT2D eigenvalue weighted by Gasteiger charge is -2.14. The normalized spacial score (nSPS) is 14.2. The summed E-state index contributed by atoms with van der Waals surface area (Å²) < 4.78 is 16.7. The van der Waals surface area contributed by atoms with Crippen molar-refractivity contribution in [2.75, 3.05) is 31.0 Å². The molecular formula is C27H24N2O5S2. The Morgan fingerprint density at radius 1 is 1.00 bits per heavy atom. The minimum Gasteiger partial charge on any atom is -0.497 e. The van der Waals surface area contributed by atoms with E-state index >= 15 is 0 Å². The molecule has 1 aliphatic heterocycles. The number of thioether (sulfide) groups is 1. The fourth-order valence-corrected chi connectivity index (χ4v) is 4.74. The first kappa shape index (κ1) is 25.3. The molecule has 0 spiro atoms. The van der Waals surface area contributed by atoms with Crippen molar-refractivity contribution in [3.05, 3.63) is 82.8 Å². The average Bonchev–Trinajstić information content (AvgIpc) is 3.16. The van der Waals surface area contributed by atoms with Crippen LogP contribution in [0.4, 0.5) is 11.4 Å². The van der Waals surface area contributed by atoms with Crippen LogP contribution in [0.1, 0.15) is 11.1 Å². The van der Waals surface area contributed by atoms with Gasteiger partial charge in [0.1, 0.15) is 5.75 Å². The highest BCUT2D eigenvalue weighted by molar-refractivity contribution is 8.27. The van der Waals surface area contributed by atoms with E-state index in [1.165, 1.54) is 23.8 Å². The highest BCUT2D eigenvalue weighted by Crippen LogP contribution is 2.37. The standard InChI is InChI=1S/C27H24N2O5S2/c1-17-4-9-20(10-5-17)29-26(31)24(36-27(29)35)15-18-6-13-22(23(14-18)33-3)34-16-25(30)28-19-7-11-21(32-2)12-8-19/h4-15H,16H2,1-3H3,(H,28,30)/b24-15-. The fourth-order valence-electron chi connectivity index (χ4n) is 3.44. The zero-order chi connectivity index (χ0) is 25.7. The molecule has 0 aliphatic carbocycles. The molecule has 0 atom stereocenters. The van der Waals surface area contributed by atoms with Crippen molar-refractivity contribution >= 4 is 57.6 Å². The summed E-state index contributed by atoms with van der Waals surface area (Å²) in [7, 11) is 3.09. The average molecular weight is 521 g/mol. The number of rotatable bonds is 8. The van der Waals surface area contributed by atoms with Crippen LogP contribution >= 0.6 is 24.0 Å². The van der Waals surface area contributed by atoms with E-state index in [0.29, 0.717) is 32.2 Å². The molecule has 36 heavy (non-hydrogen) atoms. The van der Waals surface area contributed by atoms with Crippen molar-refractivity contribution in [3.8, 4) is 17.2 Å². The van der Waals surface area contributed by atoms with Gasteiger partial charge >= 0.3 is 0 Å². The molecule has 7 nitrogen and oxygen atoms in total. The van der Waals surface area contributed by atoms with Crippen LogP contribution in [0, 0.1) is 6.92 Å². The van der Waals surface area contributed by atoms with Crippen molar-refractivity contribution < 1.29 is 23.8 Å². The van der Waals surface area contributed by atoms with Crippen LogP contribution in [-0.4, -0.2) is 37.0 Å². The van der Waals surface area contributed by atoms with Crippen LogP contribution in [0.25, 0.3) is 6.08 Å². The van der Waals surface area contributed by atoms with Crippen molar-refractivity contribution in [2.24, 2.45) is 0 Å². The lowest BCUT2D eigenvalue weighted by Crippen LogP contribution is -2.27. The summed E-state index contributed by atoms with van der Waals surface area (Å²) in [6.45, 7) is 1.79. The van der Waals surface area contributed by atoms with E-state index < -0.39 is 0 Å². The molecule has 0 bridgehead atoms. The number of hydrogen-bond donors (Lipinski definition) is 1. The lowest BCUT2D eigenvalue weighted by atomic mass is 10.1. The van der Waals surface area contributed by atoms with Gasteiger partial charge in [0.2, 0.25) is 0 Å². The third kappa shape index (κ3) is 5.87. The van der Waals surface area contributed by atoms with Crippen molar-refractivity contribution in [2.45, 2.75) is 6.92 Å². The molecule has 4 rings (SSSR count). The summed E-state index contributed by atoms with van der Waals surface area (Å²) in [6.07, 6.45) is 1.76. The van der Waals surface area contributed by atoms with E-state index in [1.807, 2.05) is 31.2 Å². The number of aryl methyl sites for hydroxylation is 1. The number of hydrogen-bond acceptors (Lipinski definition) is 7. The second-order valence-electron chi connectivity index (χ2n) is 7.83. The molecule has 3 aromatic rings. The van der Waals surface area contributed by atoms with Gasteiger partial charge in [-0.2, -0.15) is 0 Å². The Kier molecular flexibility index (Phi) is 7.92. The summed E-state index contributed by atoms with van der Waals surface area (Å²) in [6, 6.07) is 19.9. The highest BCUT2D eigenvalue weighted by atomic mass is 32.2. The second-order valence-corrected chi connectivity index (χ2v) is 9.50.